The fourth-order valence-corrected chi connectivity index (χ4v) is 1.91. The summed E-state index contributed by atoms with van der Waals surface area (Å²) in [6, 6.07) is 6.40. The number of ether oxygens (including phenoxy) is 1. The number of hydrogen-bond acceptors (Lipinski definition) is 4. The van der Waals surface area contributed by atoms with Crippen molar-refractivity contribution in [3.8, 4) is 0 Å². The van der Waals surface area contributed by atoms with Crippen LogP contribution in [0.1, 0.15) is 18.3 Å². The highest BCUT2D eigenvalue weighted by atomic mass is 35.5. The van der Waals surface area contributed by atoms with Crippen molar-refractivity contribution in [2.75, 3.05) is 11.9 Å². The van der Waals surface area contributed by atoms with E-state index < -0.39 is 0 Å². The molecule has 4 nitrogen and oxygen atoms in total. The Morgan fingerprint density at radius 2 is 2.15 bits per heavy atom. The Hall–Kier alpha value is -1.72. The second-order valence-electron chi connectivity index (χ2n) is 4.19. The summed E-state index contributed by atoms with van der Waals surface area (Å²) in [4.78, 5) is 8.30. The molecule has 0 atom stereocenters. The summed E-state index contributed by atoms with van der Waals surface area (Å²) >= 11 is 5.93. The second-order valence-corrected chi connectivity index (χ2v) is 4.57. The van der Waals surface area contributed by atoms with E-state index >= 15 is 0 Å². The van der Waals surface area contributed by atoms with Crippen LogP contribution in [0, 0.1) is 12.7 Å². The molecule has 0 spiro atoms. The smallest absolute Gasteiger partial charge is 0.158 e. The monoisotopic (exact) mass is 295 g/mol. The number of anilines is 2. The third-order valence-corrected chi connectivity index (χ3v) is 2.85. The van der Waals surface area contributed by atoms with Crippen molar-refractivity contribution in [3.63, 3.8) is 0 Å². The van der Waals surface area contributed by atoms with Gasteiger partial charge in [-0.05, 0) is 25.5 Å². The zero-order chi connectivity index (χ0) is 14.5. The molecular formula is C14H15ClFN3O. The highest BCUT2D eigenvalue weighted by Gasteiger charge is 2.08. The van der Waals surface area contributed by atoms with Crippen molar-refractivity contribution in [1.29, 1.82) is 0 Å². The first kappa shape index (κ1) is 14.7. The van der Waals surface area contributed by atoms with Crippen LogP contribution in [0.25, 0.3) is 0 Å². The Labute approximate surface area is 122 Å². The lowest BCUT2D eigenvalue weighted by Crippen LogP contribution is -2.04. The molecule has 0 aliphatic heterocycles. The van der Waals surface area contributed by atoms with Crippen LogP contribution in [0.3, 0.4) is 0 Å². The molecule has 0 fully saturated rings. The van der Waals surface area contributed by atoms with E-state index in [4.69, 9.17) is 16.3 Å². The van der Waals surface area contributed by atoms with Crippen molar-refractivity contribution in [3.05, 3.63) is 46.6 Å². The van der Waals surface area contributed by atoms with E-state index in [9.17, 15) is 4.39 Å². The molecule has 2 aromatic rings. The van der Waals surface area contributed by atoms with Crippen LogP contribution in [-0.2, 0) is 11.3 Å². The molecule has 0 aliphatic rings. The Morgan fingerprint density at radius 3 is 2.85 bits per heavy atom. The summed E-state index contributed by atoms with van der Waals surface area (Å²) < 4.78 is 19.0. The average Bonchev–Trinajstić information content (AvgIpc) is 2.40. The van der Waals surface area contributed by atoms with Gasteiger partial charge in [-0.2, -0.15) is 0 Å². The third kappa shape index (κ3) is 3.65. The number of halogens is 2. The van der Waals surface area contributed by atoms with Gasteiger partial charge in [0.2, 0.25) is 0 Å². The van der Waals surface area contributed by atoms with Gasteiger partial charge >= 0.3 is 0 Å². The summed E-state index contributed by atoms with van der Waals surface area (Å²) in [5, 5.41) is 3.22. The predicted molar refractivity (Wildman–Crippen MR) is 76.8 cm³/mol. The maximum atomic E-state index is 13.8. The molecular weight excluding hydrogens is 281 g/mol. The van der Waals surface area contributed by atoms with Crippen LogP contribution in [-0.4, -0.2) is 16.6 Å². The number of benzene rings is 1. The third-order valence-electron chi connectivity index (χ3n) is 2.65. The summed E-state index contributed by atoms with van der Waals surface area (Å²) in [5.41, 5.74) is 1.16. The number of aromatic nitrogens is 2. The lowest BCUT2D eigenvalue weighted by molar-refractivity contribution is 0.128. The normalized spacial score (nSPS) is 10.6. The van der Waals surface area contributed by atoms with Crippen LogP contribution in [0.2, 0.25) is 5.15 Å². The molecule has 0 unspecified atom stereocenters. The molecule has 1 N–H and O–H groups in total. The molecule has 106 valence electrons. The van der Waals surface area contributed by atoms with Crippen LogP contribution in [0.15, 0.2) is 24.3 Å². The molecule has 0 saturated carbocycles. The lowest BCUT2D eigenvalue weighted by Gasteiger charge is -2.11. The fourth-order valence-electron chi connectivity index (χ4n) is 1.70. The summed E-state index contributed by atoms with van der Waals surface area (Å²) in [7, 11) is 0. The van der Waals surface area contributed by atoms with E-state index in [0.717, 1.165) is 5.56 Å². The zero-order valence-corrected chi connectivity index (χ0v) is 12.0. The molecule has 0 bridgehead atoms. The van der Waals surface area contributed by atoms with Gasteiger partial charge in [0, 0.05) is 12.7 Å². The highest BCUT2D eigenvalue weighted by Crippen LogP contribution is 2.23. The Bertz CT molecular complexity index is 587. The molecule has 20 heavy (non-hydrogen) atoms. The first-order valence-electron chi connectivity index (χ1n) is 6.23. The number of rotatable bonds is 5. The van der Waals surface area contributed by atoms with Gasteiger partial charge in [-0.25, -0.2) is 14.4 Å². The van der Waals surface area contributed by atoms with E-state index in [2.05, 4.69) is 15.3 Å². The fraction of sp³-hybridized carbons (Fsp3) is 0.286. The second kappa shape index (κ2) is 6.63. The molecule has 0 aliphatic carbocycles. The SMILES string of the molecule is CCOCc1nc(Cl)cc(Nc2c(C)cccc2F)n1. The molecule has 0 radical (unpaired) electrons. The van der Waals surface area contributed by atoms with Gasteiger partial charge in [0.15, 0.2) is 5.82 Å². The maximum absolute atomic E-state index is 13.8. The van der Waals surface area contributed by atoms with Gasteiger partial charge in [0.25, 0.3) is 0 Å². The molecule has 0 saturated heterocycles. The first-order chi connectivity index (χ1) is 9.60. The minimum atomic E-state index is -0.342. The van der Waals surface area contributed by atoms with E-state index in [1.165, 1.54) is 6.07 Å². The van der Waals surface area contributed by atoms with Gasteiger partial charge in [0.1, 0.15) is 23.4 Å². The van der Waals surface area contributed by atoms with Gasteiger partial charge in [0.05, 0.1) is 5.69 Å². The van der Waals surface area contributed by atoms with Crippen molar-refractivity contribution >= 4 is 23.1 Å². The zero-order valence-electron chi connectivity index (χ0n) is 11.3. The van der Waals surface area contributed by atoms with Crippen LogP contribution in [0.5, 0.6) is 0 Å². The topological polar surface area (TPSA) is 47.0 Å². The van der Waals surface area contributed by atoms with Crippen LogP contribution in [0.4, 0.5) is 15.9 Å². The van der Waals surface area contributed by atoms with Crippen molar-refractivity contribution in [2.24, 2.45) is 0 Å². The maximum Gasteiger partial charge on any atom is 0.158 e. The quantitative estimate of drug-likeness (QED) is 0.851. The minimum absolute atomic E-state index is 0.266. The molecule has 1 aromatic heterocycles. The number of nitrogens with one attached hydrogen (secondary N) is 1. The first-order valence-corrected chi connectivity index (χ1v) is 6.61. The Balaban J connectivity index is 2.27. The van der Waals surface area contributed by atoms with E-state index in [1.54, 1.807) is 12.1 Å². The molecule has 0 amide bonds. The van der Waals surface area contributed by atoms with E-state index in [0.29, 0.717) is 23.9 Å². The Morgan fingerprint density at radius 1 is 1.35 bits per heavy atom. The lowest BCUT2D eigenvalue weighted by atomic mass is 10.2. The summed E-state index contributed by atoms with van der Waals surface area (Å²) in [6.07, 6.45) is 0. The van der Waals surface area contributed by atoms with Gasteiger partial charge in [-0.1, -0.05) is 23.7 Å². The largest absolute Gasteiger partial charge is 0.374 e. The highest BCUT2D eigenvalue weighted by molar-refractivity contribution is 6.29. The summed E-state index contributed by atoms with van der Waals surface area (Å²) in [5.74, 6) is 0.551. The predicted octanol–water partition coefficient (Wildman–Crippen LogP) is 3.86. The summed E-state index contributed by atoms with van der Waals surface area (Å²) in [6.45, 7) is 4.52. The minimum Gasteiger partial charge on any atom is -0.374 e. The van der Waals surface area contributed by atoms with Crippen LogP contribution < -0.4 is 5.32 Å². The molecule has 1 aromatic carbocycles. The van der Waals surface area contributed by atoms with Crippen molar-refractivity contribution in [1.82, 2.24) is 9.97 Å². The average molecular weight is 296 g/mol. The molecule has 1 heterocycles. The number of nitrogens with zero attached hydrogens (tertiary/aromatic N) is 2. The van der Waals surface area contributed by atoms with Gasteiger partial charge in [-0.15, -0.1) is 0 Å². The van der Waals surface area contributed by atoms with Crippen LogP contribution >= 0.6 is 11.6 Å². The van der Waals surface area contributed by atoms with E-state index in [-0.39, 0.29) is 17.6 Å². The number of para-hydroxylation sites is 1. The van der Waals surface area contributed by atoms with Crippen molar-refractivity contribution < 1.29 is 9.13 Å². The standard InChI is InChI=1S/C14H15ClFN3O/c1-3-20-8-13-17-11(15)7-12(18-13)19-14-9(2)5-4-6-10(14)16/h4-7H,3,8H2,1-2H3,(H,17,18,19). The van der Waals surface area contributed by atoms with Gasteiger partial charge in [-0.3, -0.25) is 0 Å². The van der Waals surface area contributed by atoms with Gasteiger partial charge < -0.3 is 10.1 Å². The number of hydrogen-bond donors (Lipinski definition) is 1. The molecule has 2 rings (SSSR count). The Kier molecular flexibility index (Phi) is 4.87. The van der Waals surface area contributed by atoms with E-state index in [1.807, 2.05) is 19.9 Å². The molecule has 6 heteroatoms. The number of aryl methyl sites for hydroxylation is 1. The van der Waals surface area contributed by atoms with Crippen molar-refractivity contribution in [2.45, 2.75) is 20.5 Å².